The normalized spacial score (nSPS) is 18.7. The Labute approximate surface area is 252 Å². The third-order valence-corrected chi connectivity index (χ3v) is 8.73. The van der Waals surface area contributed by atoms with Crippen molar-refractivity contribution in [2.24, 2.45) is 22.2 Å². The third-order valence-electron chi connectivity index (χ3n) is 8.73. The third kappa shape index (κ3) is 6.45. The second kappa shape index (κ2) is 12.8. The predicted octanol–water partition coefficient (Wildman–Crippen LogP) is 6.54. The van der Waals surface area contributed by atoms with E-state index in [2.05, 4.69) is 39.6 Å². The molecular weight excluding hydrogens is 542 g/mol. The molecule has 0 fully saturated rings. The van der Waals surface area contributed by atoms with Gasteiger partial charge in [-0.25, -0.2) is 0 Å². The minimum absolute atomic E-state index is 0.0851. The van der Waals surface area contributed by atoms with Crippen LogP contribution in [0.15, 0.2) is 77.1 Å². The largest absolute Gasteiger partial charge is 0.497 e. The first kappa shape index (κ1) is 28.6. The van der Waals surface area contributed by atoms with Crippen LogP contribution in [-0.2, 0) is 11.2 Å². The van der Waals surface area contributed by atoms with E-state index in [1.165, 1.54) is 16.8 Å². The van der Waals surface area contributed by atoms with Crippen LogP contribution in [0.1, 0.15) is 48.9 Å². The van der Waals surface area contributed by atoms with Gasteiger partial charge in [-0.1, -0.05) is 24.3 Å². The zero-order chi connectivity index (χ0) is 29.8. The molecule has 0 radical (unpaired) electrons. The van der Waals surface area contributed by atoms with E-state index in [9.17, 15) is 4.79 Å². The summed E-state index contributed by atoms with van der Waals surface area (Å²) >= 11 is 0. The van der Waals surface area contributed by atoms with Crippen molar-refractivity contribution in [3.63, 3.8) is 0 Å². The molecule has 2 aliphatic rings. The molecule has 3 unspecified atom stereocenters. The lowest BCUT2D eigenvalue weighted by Crippen LogP contribution is -2.26. The zero-order valence-electron chi connectivity index (χ0n) is 24.8. The molecule has 4 aromatic rings. The number of nitrogens with one attached hydrogen (secondary N) is 1. The molecular formula is C34H39N5O4. The monoisotopic (exact) mass is 581 g/mol. The Hall–Kier alpha value is -4.53. The van der Waals surface area contributed by atoms with E-state index < -0.39 is 0 Å². The topological polar surface area (TPSA) is 115 Å². The van der Waals surface area contributed by atoms with E-state index in [1.54, 1.807) is 31.4 Å². The van der Waals surface area contributed by atoms with Gasteiger partial charge >= 0.3 is 5.97 Å². The number of aromatic nitrogens is 1. The fraction of sp³-hybridized carbons (Fsp3) is 0.382. The number of nitrogens with zero attached hydrogens (tertiary/aromatic N) is 3. The Morgan fingerprint density at radius 2 is 1.84 bits per heavy atom. The standard InChI is InChI=1S/C34H39N5O4/c1-22(34(40)43-28-12-10-26(41-2)11-13-28)24-6-14-29-31-21-25(35)7-15-32(31)37-33(29)30(20-24)23-4-8-27(9-5-23)42-19-3-17-39-18-16-36-38-39/h4-5,7-13,15,21-22,24,30,37H,3,6,14,16-20,35H2,1-2H3. The summed E-state index contributed by atoms with van der Waals surface area (Å²) in [5, 5.41) is 11.3. The summed E-state index contributed by atoms with van der Waals surface area (Å²) < 4.78 is 17.1. The SMILES string of the molecule is COc1ccc(OC(=O)C(C)C2CCc3c([nH]c4ccc(N)cc34)C(c3ccc(OCCCN4CCN=N4)cc3)C2)cc1. The predicted molar refractivity (Wildman–Crippen MR) is 167 cm³/mol. The average molecular weight is 582 g/mol. The summed E-state index contributed by atoms with van der Waals surface area (Å²) in [7, 11) is 1.61. The summed E-state index contributed by atoms with van der Waals surface area (Å²) in [6.07, 6.45) is 3.44. The van der Waals surface area contributed by atoms with Crippen molar-refractivity contribution in [3.05, 3.63) is 83.6 Å². The number of hydrogen-bond acceptors (Lipinski definition) is 8. The Balaban J connectivity index is 1.20. The molecule has 3 aromatic carbocycles. The number of H-pyrrole nitrogens is 1. The van der Waals surface area contributed by atoms with E-state index in [1.807, 2.05) is 30.1 Å². The van der Waals surface area contributed by atoms with E-state index >= 15 is 0 Å². The van der Waals surface area contributed by atoms with Crippen LogP contribution in [0.3, 0.4) is 0 Å². The molecule has 2 heterocycles. The Bertz CT molecular complexity index is 1580. The number of fused-ring (bicyclic) bond motifs is 3. The molecule has 0 saturated heterocycles. The van der Waals surface area contributed by atoms with Crippen molar-refractivity contribution in [1.82, 2.24) is 9.99 Å². The van der Waals surface area contributed by atoms with Gasteiger partial charge in [0.15, 0.2) is 0 Å². The fourth-order valence-electron chi connectivity index (χ4n) is 6.25. The summed E-state index contributed by atoms with van der Waals surface area (Å²) in [5.74, 6) is 1.82. The molecule has 9 heteroatoms. The van der Waals surface area contributed by atoms with E-state index in [4.69, 9.17) is 19.9 Å². The first-order valence-electron chi connectivity index (χ1n) is 15.1. The Kier molecular flexibility index (Phi) is 8.49. The molecule has 1 aliphatic carbocycles. The molecule has 3 N–H and O–H groups in total. The van der Waals surface area contributed by atoms with Crippen LogP contribution in [0, 0.1) is 11.8 Å². The van der Waals surface area contributed by atoms with Crippen molar-refractivity contribution >= 4 is 22.6 Å². The molecule has 0 amide bonds. The van der Waals surface area contributed by atoms with Crippen molar-refractivity contribution in [3.8, 4) is 17.2 Å². The van der Waals surface area contributed by atoms with Crippen LogP contribution in [0.4, 0.5) is 5.69 Å². The number of hydrogen-bond donors (Lipinski definition) is 2. The van der Waals surface area contributed by atoms with Crippen molar-refractivity contribution in [2.75, 3.05) is 39.1 Å². The molecule has 9 nitrogen and oxygen atoms in total. The van der Waals surface area contributed by atoms with Gasteiger partial charge in [0.2, 0.25) is 0 Å². The quantitative estimate of drug-likeness (QED) is 0.0723. The van der Waals surface area contributed by atoms with Gasteiger partial charge in [-0.15, -0.1) is 0 Å². The highest BCUT2D eigenvalue weighted by Crippen LogP contribution is 2.43. The van der Waals surface area contributed by atoms with Gasteiger partial charge in [0.1, 0.15) is 17.2 Å². The minimum atomic E-state index is -0.275. The fourth-order valence-corrected chi connectivity index (χ4v) is 6.25. The maximum Gasteiger partial charge on any atom is 0.314 e. The summed E-state index contributed by atoms with van der Waals surface area (Å²) in [6, 6.07) is 21.6. The Morgan fingerprint density at radius 1 is 1.07 bits per heavy atom. The van der Waals surface area contributed by atoms with Gasteiger partial charge in [0, 0.05) is 41.2 Å². The zero-order valence-corrected chi connectivity index (χ0v) is 24.8. The van der Waals surface area contributed by atoms with Gasteiger partial charge in [-0.05, 0) is 90.9 Å². The smallest absolute Gasteiger partial charge is 0.314 e. The highest BCUT2D eigenvalue weighted by Gasteiger charge is 2.34. The first-order valence-corrected chi connectivity index (χ1v) is 15.1. The summed E-state index contributed by atoms with van der Waals surface area (Å²) in [6.45, 7) is 5.12. The van der Waals surface area contributed by atoms with Crippen LogP contribution in [-0.4, -0.2) is 49.3 Å². The number of carbonyl (C=O) groups is 1. The van der Waals surface area contributed by atoms with E-state index in [0.29, 0.717) is 12.4 Å². The maximum absolute atomic E-state index is 13.3. The lowest BCUT2D eigenvalue weighted by Gasteiger charge is -2.25. The maximum atomic E-state index is 13.3. The number of nitrogen functional groups attached to an aromatic ring is 1. The van der Waals surface area contributed by atoms with E-state index in [-0.39, 0.29) is 23.7 Å². The number of rotatable bonds is 10. The molecule has 43 heavy (non-hydrogen) atoms. The second-order valence-electron chi connectivity index (χ2n) is 11.5. The van der Waals surface area contributed by atoms with Gasteiger partial charge < -0.3 is 24.9 Å². The number of aromatic amines is 1. The van der Waals surface area contributed by atoms with Crippen LogP contribution in [0.2, 0.25) is 0 Å². The first-order chi connectivity index (χ1) is 21.0. The van der Waals surface area contributed by atoms with Crippen LogP contribution >= 0.6 is 0 Å². The number of nitrogens with two attached hydrogens (primary N) is 1. The van der Waals surface area contributed by atoms with E-state index in [0.717, 1.165) is 73.4 Å². The van der Waals surface area contributed by atoms with Gasteiger partial charge in [-0.3, -0.25) is 9.80 Å². The van der Waals surface area contributed by atoms with Crippen molar-refractivity contribution < 1.29 is 19.0 Å². The number of methoxy groups -OCH3 is 1. The van der Waals surface area contributed by atoms with Gasteiger partial charge in [-0.2, -0.15) is 5.11 Å². The summed E-state index contributed by atoms with van der Waals surface area (Å²) in [5.41, 5.74) is 11.7. The van der Waals surface area contributed by atoms with Gasteiger partial charge in [0.25, 0.3) is 0 Å². The number of anilines is 1. The molecule has 1 aliphatic heterocycles. The number of aryl methyl sites for hydroxylation is 1. The molecule has 6 rings (SSSR count). The average Bonchev–Trinajstić information content (AvgIpc) is 3.63. The summed E-state index contributed by atoms with van der Waals surface area (Å²) in [4.78, 5) is 17.1. The molecule has 3 atom stereocenters. The molecule has 0 spiro atoms. The highest BCUT2D eigenvalue weighted by atomic mass is 16.5. The number of ether oxygens (including phenoxy) is 3. The lowest BCUT2D eigenvalue weighted by molar-refractivity contribution is -0.140. The Morgan fingerprint density at radius 3 is 2.58 bits per heavy atom. The number of carbonyl (C=O) groups excluding carboxylic acids is 1. The number of esters is 1. The molecule has 0 bridgehead atoms. The van der Waals surface area contributed by atoms with Crippen LogP contribution in [0.5, 0.6) is 17.2 Å². The molecule has 0 saturated carbocycles. The number of benzene rings is 3. The van der Waals surface area contributed by atoms with Crippen molar-refractivity contribution in [1.29, 1.82) is 0 Å². The van der Waals surface area contributed by atoms with Crippen LogP contribution in [0.25, 0.3) is 10.9 Å². The highest BCUT2D eigenvalue weighted by molar-refractivity contribution is 5.88. The minimum Gasteiger partial charge on any atom is -0.497 e. The molecule has 1 aromatic heterocycles. The second-order valence-corrected chi connectivity index (χ2v) is 11.5. The molecule has 224 valence electrons. The van der Waals surface area contributed by atoms with Crippen molar-refractivity contribution in [2.45, 2.75) is 38.5 Å². The lowest BCUT2D eigenvalue weighted by atomic mass is 9.81. The van der Waals surface area contributed by atoms with Gasteiger partial charge in [0.05, 0.1) is 32.7 Å². The van der Waals surface area contributed by atoms with Crippen LogP contribution < -0.4 is 19.9 Å².